The van der Waals surface area contributed by atoms with Gasteiger partial charge in [0.15, 0.2) is 23.2 Å². The van der Waals surface area contributed by atoms with Crippen LogP contribution in [0, 0.1) is 30.3 Å². The number of halogens is 3. The third kappa shape index (κ3) is 5.55. The van der Waals surface area contributed by atoms with Gasteiger partial charge in [0.05, 0.1) is 6.61 Å². The molecule has 0 aromatic heterocycles. The van der Waals surface area contributed by atoms with E-state index in [1.165, 1.54) is 0 Å². The van der Waals surface area contributed by atoms with Gasteiger partial charge >= 0.3 is 0 Å². The monoisotopic (exact) mass is 404 g/mol. The van der Waals surface area contributed by atoms with Gasteiger partial charge in [0.1, 0.15) is 0 Å². The quantitative estimate of drug-likeness (QED) is 0.414. The van der Waals surface area contributed by atoms with Gasteiger partial charge in [0, 0.05) is 0 Å². The van der Waals surface area contributed by atoms with Gasteiger partial charge in [-0.15, -0.1) is 0 Å². The fourth-order valence-electron chi connectivity index (χ4n) is 4.24. The van der Waals surface area contributed by atoms with Crippen molar-refractivity contribution in [1.82, 2.24) is 0 Å². The van der Waals surface area contributed by atoms with E-state index in [2.05, 4.69) is 6.92 Å². The van der Waals surface area contributed by atoms with Crippen LogP contribution >= 0.6 is 0 Å². The zero-order valence-corrected chi connectivity index (χ0v) is 17.4. The molecular weight excluding hydrogens is 373 g/mol. The minimum absolute atomic E-state index is 0.280. The normalized spacial score (nSPS) is 19.3. The first-order valence-corrected chi connectivity index (χ1v) is 10.8. The molecule has 0 spiro atoms. The van der Waals surface area contributed by atoms with Crippen LogP contribution in [0.15, 0.2) is 30.3 Å². The molecule has 1 saturated carbocycles. The molecule has 0 saturated heterocycles. The maximum Gasteiger partial charge on any atom is 0.165 e. The zero-order chi connectivity index (χ0) is 20.8. The maximum absolute atomic E-state index is 14.3. The van der Waals surface area contributed by atoms with E-state index < -0.39 is 11.6 Å². The summed E-state index contributed by atoms with van der Waals surface area (Å²) in [7, 11) is 0. The van der Waals surface area contributed by atoms with Gasteiger partial charge in [-0.25, -0.2) is 13.2 Å². The lowest BCUT2D eigenvalue weighted by atomic mass is 9.77. The Morgan fingerprint density at radius 2 is 1.72 bits per heavy atom. The molecule has 2 aromatic carbocycles. The first-order chi connectivity index (χ1) is 14.0. The molecule has 0 amide bonds. The summed E-state index contributed by atoms with van der Waals surface area (Å²) in [5.41, 5.74) is 1.85. The molecule has 0 unspecified atom stereocenters. The Kier molecular flexibility index (Phi) is 7.63. The summed E-state index contributed by atoms with van der Waals surface area (Å²) in [6, 6.07) is 8.71. The van der Waals surface area contributed by atoms with Crippen LogP contribution in [0.2, 0.25) is 0 Å². The van der Waals surface area contributed by atoms with E-state index in [0.717, 1.165) is 50.5 Å². The van der Waals surface area contributed by atoms with Gasteiger partial charge < -0.3 is 4.74 Å². The first-order valence-electron chi connectivity index (χ1n) is 10.8. The number of unbranched alkanes of at least 4 members (excludes halogenated alkanes) is 1. The minimum Gasteiger partial charge on any atom is -0.491 e. The van der Waals surface area contributed by atoms with E-state index in [1.54, 1.807) is 31.2 Å². The smallest absolute Gasteiger partial charge is 0.165 e. The van der Waals surface area contributed by atoms with Crippen molar-refractivity contribution >= 4 is 0 Å². The van der Waals surface area contributed by atoms with Crippen LogP contribution in [0.3, 0.4) is 0 Å². The Balaban J connectivity index is 1.50. The molecule has 1 aliphatic rings. The van der Waals surface area contributed by atoms with E-state index in [-0.39, 0.29) is 5.82 Å². The Labute approximate surface area is 172 Å². The lowest BCUT2D eigenvalue weighted by Gasteiger charge is -2.29. The topological polar surface area (TPSA) is 9.23 Å². The summed E-state index contributed by atoms with van der Waals surface area (Å²) in [4.78, 5) is 0. The number of benzene rings is 2. The number of ether oxygens (including phenoxy) is 1. The molecule has 158 valence electrons. The molecule has 1 nitrogen and oxygen atoms in total. The van der Waals surface area contributed by atoms with Crippen molar-refractivity contribution in [2.24, 2.45) is 5.92 Å². The average Bonchev–Trinajstić information content (AvgIpc) is 2.73. The molecule has 2 aromatic rings. The van der Waals surface area contributed by atoms with Gasteiger partial charge in [0.25, 0.3) is 0 Å². The summed E-state index contributed by atoms with van der Waals surface area (Å²) in [6.45, 7) is 4.20. The van der Waals surface area contributed by atoms with Crippen LogP contribution in [0.1, 0.15) is 74.5 Å². The summed E-state index contributed by atoms with van der Waals surface area (Å²) in [5.74, 6) is -0.498. The highest BCUT2D eigenvalue weighted by atomic mass is 19.2. The highest BCUT2D eigenvalue weighted by Crippen LogP contribution is 2.38. The Morgan fingerprint density at radius 3 is 2.41 bits per heavy atom. The standard InChI is InChI=1S/C25H31F3O/c1-3-4-15-29-23-14-13-21(16-22(23)26)19-10-6-18(7-11-19)8-12-20-9-5-17(2)24(27)25(20)28/h5,9,13-14,16,18-19H,3-4,6-8,10-12,15H2,1-2H3. The van der Waals surface area contributed by atoms with E-state index in [4.69, 9.17) is 4.74 Å². The minimum atomic E-state index is -0.727. The third-order valence-electron chi connectivity index (χ3n) is 6.21. The van der Waals surface area contributed by atoms with Crippen LogP contribution in [0.25, 0.3) is 0 Å². The molecule has 0 heterocycles. The molecule has 0 aliphatic heterocycles. The van der Waals surface area contributed by atoms with Crippen molar-refractivity contribution in [3.8, 4) is 5.75 Å². The van der Waals surface area contributed by atoms with E-state index in [0.29, 0.717) is 41.7 Å². The number of rotatable bonds is 8. The van der Waals surface area contributed by atoms with Gasteiger partial charge in [-0.1, -0.05) is 31.5 Å². The van der Waals surface area contributed by atoms with Crippen LogP contribution in [-0.2, 0) is 6.42 Å². The van der Waals surface area contributed by atoms with Crippen molar-refractivity contribution < 1.29 is 17.9 Å². The fourth-order valence-corrected chi connectivity index (χ4v) is 4.24. The first kappa shape index (κ1) is 21.7. The van der Waals surface area contributed by atoms with Crippen LogP contribution in [-0.4, -0.2) is 6.61 Å². The lowest BCUT2D eigenvalue weighted by Crippen LogP contribution is -2.14. The predicted octanol–water partition coefficient (Wildman–Crippen LogP) is 7.50. The second-order valence-electron chi connectivity index (χ2n) is 8.32. The molecule has 4 heteroatoms. The molecule has 0 radical (unpaired) electrons. The van der Waals surface area contributed by atoms with E-state index in [1.807, 2.05) is 6.07 Å². The number of aryl methyl sites for hydroxylation is 2. The second kappa shape index (κ2) is 10.2. The lowest BCUT2D eigenvalue weighted by molar-refractivity contribution is 0.292. The van der Waals surface area contributed by atoms with Crippen molar-refractivity contribution in [3.05, 3.63) is 64.5 Å². The second-order valence-corrected chi connectivity index (χ2v) is 8.32. The van der Waals surface area contributed by atoms with Gasteiger partial charge in [-0.3, -0.25) is 0 Å². The van der Waals surface area contributed by atoms with Crippen molar-refractivity contribution in [2.45, 2.75) is 71.1 Å². The molecule has 1 aliphatic carbocycles. The zero-order valence-electron chi connectivity index (χ0n) is 17.4. The van der Waals surface area contributed by atoms with Crippen LogP contribution < -0.4 is 4.74 Å². The highest BCUT2D eigenvalue weighted by molar-refractivity contribution is 5.31. The Hall–Kier alpha value is -1.97. The predicted molar refractivity (Wildman–Crippen MR) is 111 cm³/mol. The van der Waals surface area contributed by atoms with Crippen molar-refractivity contribution in [1.29, 1.82) is 0 Å². The highest BCUT2D eigenvalue weighted by Gasteiger charge is 2.23. The Bertz CT molecular complexity index is 810. The van der Waals surface area contributed by atoms with Crippen molar-refractivity contribution in [3.63, 3.8) is 0 Å². The van der Waals surface area contributed by atoms with Gasteiger partial charge in [0.2, 0.25) is 0 Å². The van der Waals surface area contributed by atoms with Gasteiger partial charge in [-0.05, 0) is 92.5 Å². The summed E-state index contributed by atoms with van der Waals surface area (Å²) in [5, 5.41) is 0. The molecule has 0 N–H and O–H groups in total. The number of hydrogen-bond donors (Lipinski definition) is 0. The molecule has 0 atom stereocenters. The van der Waals surface area contributed by atoms with Crippen LogP contribution in [0.5, 0.6) is 5.75 Å². The van der Waals surface area contributed by atoms with Crippen LogP contribution in [0.4, 0.5) is 13.2 Å². The molecule has 3 rings (SSSR count). The van der Waals surface area contributed by atoms with Crippen molar-refractivity contribution in [2.75, 3.05) is 6.61 Å². The van der Waals surface area contributed by atoms with Gasteiger partial charge in [-0.2, -0.15) is 0 Å². The average molecular weight is 405 g/mol. The Morgan fingerprint density at radius 1 is 0.966 bits per heavy atom. The molecule has 29 heavy (non-hydrogen) atoms. The number of hydrogen-bond acceptors (Lipinski definition) is 1. The molecule has 1 fully saturated rings. The molecular formula is C25H31F3O. The summed E-state index contributed by atoms with van der Waals surface area (Å²) < 4.78 is 47.6. The van der Waals surface area contributed by atoms with E-state index in [9.17, 15) is 13.2 Å². The fraction of sp³-hybridized carbons (Fsp3) is 0.520. The molecule has 0 bridgehead atoms. The summed E-state index contributed by atoms with van der Waals surface area (Å²) >= 11 is 0. The summed E-state index contributed by atoms with van der Waals surface area (Å²) in [6.07, 6.45) is 7.46. The SMILES string of the molecule is CCCCOc1ccc(C2CCC(CCc3ccc(C)c(F)c3F)CC2)cc1F. The van der Waals surface area contributed by atoms with E-state index >= 15 is 0 Å². The third-order valence-corrected chi connectivity index (χ3v) is 6.21. The maximum atomic E-state index is 14.3. The largest absolute Gasteiger partial charge is 0.491 e.